The summed E-state index contributed by atoms with van der Waals surface area (Å²) in [5.74, 6) is -0.0468. The van der Waals surface area contributed by atoms with Gasteiger partial charge in [0, 0.05) is 16.7 Å². The van der Waals surface area contributed by atoms with Gasteiger partial charge in [-0.25, -0.2) is 0 Å². The van der Waals surface area contributed by atoms with Crippen LogP contribution in [0.25, 0.3) is 0 Å². The Balaban J connectivity index is 3.13. The molecule has 3 nitrogen and oxygen atoms in total. The van der Waals surface area contributed by atoms with Crippen molar-refractivity contribution in [2.75, 3.05) is 5.32 Å². The van der Waals surface area contributed by atoms with E-state index in [1.54, 1.807) is 0 Å². The molecule has 1 aromatic carbocycles. The average Bonchev–Trinajstić information content (AvgIpc) is 2.37. The summed E-state index contributed by atoms with van der Waals surface area (Å²) >= 11 is 0. The van der Waals surface area contributed by atoms with Crippen LogP contribution < -0.4 is 5.32 Å². The van der Waals surface area contributed by atoms with Gasteiger partial charge in [-0.05, 0) is 18.9 Å². The number of carbonyl (C=O) groups is 1. The number of amides is 1. The molecule has 0 fully saturated rings. The van der Waals surface area contributed by atoms with Gasteiger partial charge in [0.15, 0.2) is 0 Å². The number of anilines is 1. The van der Waals surface area contributed by atoms with Crippen molar-refractivity contribution in [2.45, 2.75) is 53.1 Å². The molecule has 0 unspecified atom stereocenters. The van der Waals surface area contributed by atoms with E-state index in [1.165, 1.54) is 0 Å². The topological polar surface area (TPSA) is 49.3 Å². The third kappa shape index (κ3) is 3.57. The van der Waals surface area contributed by atoms with Gasteiger partial charge in [0.05, 0.1) is 5.60 Å². The van der Waals surface area contributed by atoms with E-state index in [-0.39, 0.29) is 5.91 Å². The second-order valence-electron chi connectivity index (χ2n) is 5.99. The molecule has 0 aliphatic rings. The highest BCUT2D eigenvalue weighted by Crippen LogP contribution is 2.34. The van der Waals surface area contributed by atoms with Crippen LogP contribution in [0.1, 0.15) is 53.0 Å². The van der Waals surface area contributed by atoms with E-state index >= 15 is 0 Å². The lowest BCUT2D eigenvalue weighted by atomic mass is 9.87. The number of benzene rings is 1. The van der Waals surface area contributed by atoms with Crippen LogP contribution in [-0.2, 0) is 10.4 Å². The Kier molecular flexibility index (Phi) is 4.75. The lowest BCUT2D eigenvalue weighted by molar-refractivity contribution is -0.123. The number of para-hydroxylation sites is 1. The zero-order valence-corrected chi connectivity index (χ0v) is 12.6. The fourth-order valence-corrected chi connectivity index (χ4v) is 1.94. The van der Waals surface area contributed by atoms with Gasteiger partial charge in [-0.1, -0.05) is 52.8 Å². The first kappa shape index (κ1) is 15.7. The third-order valence-electron chi connectivity index (χ3n) is 3.53. The van der Waals surface area contributed by atoms with Crippen LogP contribution in [0.3, 0.4) is 0 Å². The summed E-state index contributed by atoms with van der Waals surface area (Å²) in [7, 11) is 0. The van der Waals surface area contributed by atoms with E-state index in [0.717, 1.165) is 5.56 Å². The quantitative estimate of drug-likeness (QED) is 0.870. The Morgan fingerprint density at radius 2 is 1.68 bits per heavy atom. The van der Waals surface area contributed by atoms with Crippen molar-refractivity contribution in [1.82, 2.24) is 0 Å². The minimum Gasteiger partial charge on any atom is -0.385 e. The van der Waals surface area contributed by atoms with Crippen LogP contribution in [0, 0.1) is 5.41 Å². The lowest BCUT2D eigenvalue weighted by Gasteiger charge is -2.29. The number of carbonyl (C=O) groups excluding carboxylic acids is 1. The van der Waals surface area contributed by atoms with Crippen molar-refractivity contribution >= 4 is 11.6 Å². The summed E-state index contributed by atoms with van der Waals surface area (Å²) in [5.41, 5.74) is 0.150. The number of nitrogens with one attached hydrogen (secondary N) is 1. The first-order valence-corrected chi connectivity index (χ1v) is 6.88. The molecule has 0 atom stereocenters. The van der Waals surface area contributed by atoms with Gasteiger partial charge < -0.3 is 10.4 Å². The van der Waals surface area contributed by atoms with E-state index in [0.29, 0.717) is 18.5 Å². The molecule has 0 aliphatic carbocycles. The number of aliphatic hydroxyl groups is 1. The Hall–Kier alpha value is -1.35. The van der Waals surface area contributed by atoms with Crippen molar-refractivity contribution in [3.05, 3.63) is 29.8 Å². The summed E-state index contributed by atoms with van der Waals surface area (Å²) in [6.45, 7) is 9.52. The minimum atomic E-state index is -0.887. The van der Waals surface area contributed by atoms with E-state index in [9.17, 15) is 9.90 Å². The monoisotopic (exact) mass is 263 g/mol. The van der Waals surface area contributed by atoms with E-state index in [4.69, 9.17) is 0 Å². The number of hydrogen-bond acceptors (Lipinski definition) is 2. The van der Waals surface area contributed by atoms with Gasteiger partial charge in [0.1, 0.15) is 0 Å². The van der Waals surface area contributed by atoms with E-state index < -0.39 is 11.0 Å². The van der Waals surface area contributed by atoms with Gasteiger partial charge in [-0.15, -0.1) is 0 Å². The SMILES string of the molecule is CCC(O)(CC)c1ccccc1NC(=O)C(C)(C)C. The van der Waals surface area contributed by atoms with Crippen molar-refractivity contribution in [3.63, 3.8) is 0 Å². The predicted octanol–water partition coefficient (Wildman–Crippen LogP) is 3.68. The maximum Gasteiger partial charge on any atom is 0.229 e. The largest absolute Gasteiger partial charge is 0.385 e. The van der Waals surface area contributed by atoms with Crippen LogP contribution in [0.2, 0.25) is 0 Å². The van der Waals surface area contributed by atoms with Crippen LogP contribution >= 0.6 is 0 Å². The average molecular weight is 263 g/mol. The maximum atomic E-state index is 12.1. The molecule has 0 aromatic heterocycles. The van der Waals surface area contributed by atoms with Crippen molar-refractivity contribution in [2.24, 2.45) is 5.41 Å². The number of hydrogen-bond donors (Lipinski definition) is 2. The summed E-state index contributed by atoms with van der Waals surface area (Å²) in [4.78, 5) is 12.1. The smallest absolute Gasteiger partial charge is 0.229 e. The first-order chi connectivity index (χ1) is 8.74. The molecule has 1 aromatic rings. The first-order valence-electron chi connectivity index (χ1n) is 6.88. The molecule has 0 heterocycles. The molecule has 0 saturated carbocycles. The highest BCUT2D eigenvalue weighted by Gasteiger charge is 2.29. The lowest BCUT2D eigenvalue weighted by Crippen LogP contribution is -2.30. The molecule has 0 bridgehead atoms. The van der Waals surface area contributed by atoms with Crippen LogP contribution in [0.4, 0.5) is 5.69 Å². The molecule has 0 spiro atoms. The van der Waals surface area contributed by atoms with Gasteiger partial charge in [0.2, 0.25) is 5.91 Å². The highest BCUT2D eigenvalue weighted by molar-refractivity contribution is 5.95. The molecule has 2 N–H and O–H groups in total. The highest BCUT2D eigenvalue weighted by atomic mass is 16.3. The molecular formula is C16H25NO2. The molecule has 1 rings (SSSR count). The molecule has 0 aliphatic heterocycles. The standard InChI is InChI=1S/C16H25NO2/c1-6-16(19,7-2)12-10-8-9-11-13(12)17-14(18)15(3,4)5/h8-11,19H,6-7H2,1-5H3,(H,17,18). The van der Waals surface area contributed by atoms with Crippen LogP contribution in [0.15, 0.2) is 24.3 Å². The van der Waals surface area contributed by atoms with E-state index in [2.05, 4.69) is 5.32 Å². The van der Waals surface area contributed by atoms with Crippen LogP contribution in [-0.4, -0.2) is 11.0 Å². The molecule has 106 valence electrons. The summed E-state index contributed by atoms with van der Waals surface area (Å²) in [5, 5.41) is 13.6. The molecular weight excluding hydrogens is 238 g/mol. The molecule has 0 radical (unpaired) electrons. The Morgan fingerprint density at radius 1 is 1.16 bits per heavy atom. The van der Waals surface area contributed by atoms with Crippen LogP contribution in [0.5, 0.6) is 0 Å². The maximum absolute atomic E-state index is 12.1. The fourth-order valence-electron chi connectivity index (χ4n) is 1.94. The molecule has 1 amide bonds. The van der Waals surface area contributed by atoms with Crippen molar-refractivity contribution in [3.8, 4) is 0 Å². The minimum absolute atomic E-state index is 0.0468. The zero-order valence-electron chi connectivity index (χ0n) is 12.6. The van der Waals surface area contributed by atoms with Crippen molar-refractivity contribution in [1.29, 1.82) is 0 Å². The second kappa shape index (κ2) is 5.74. The summed E-state index contributed by atoms with van der Waals surface area (Å²) in [6.07, 6.45) is 1.23. The second-order valence-corrected chi connectivity index (χ2v) is 5.99. The summed E-state index contributed by atoms with van der Waals surface area (Å²) < 4.78 is 0. The van der Waals surface area contributed by atoms with E-state index in [1.807, 2.05) is 58.9 Å². The Bertz CT molecular complexity index is 442. The van der Waals surface area contributed by atoms with Gasteiger partial charge in [-0.2, -0.15) is 0 Å². The predicted molar refractivity (Wildman–Crippen MR) is 79.0 cm³/mol. The molecule has 19 heavy (non-hydrogen) atoms. The normalized spacial score (nSPS) is 12.3. The van der Waals surface area contributed by atoms with Gasteiger partial charge >= 0.3 is 0 Å². The fraction of sp³-hybridized carbons (Fsp3) is 0.562. The Labute approximate surface area is 116 Å². The third-order valence-corrected chi connectivity index (χ3v) is 3.53. The number of rotatable bonds is 4. The Morgan fingerprint density at radius 3 is 2.16 bits per heavy atom. The summed E-state index contributed by atoms with van der Waals surface area (Å²) in [6, 6.07) is 7.48. The van der Waals surface area contributed by atoms with Gasteiger partial charge in [-0.3, -0.25) is 4.79 Å². The van der Waals surface area contributed by atoms with Gasteiger partial charge in [0.25, 0.3) is 0 Å². The zero-order chi connectivity index (χ0) is 14.7. The molecule has 0 saturated heterocycles. The molecule has 3 heteroatoms. The van der Waals surface area contributed by atoms with Crippen molar-refractivity contribution < 1.29 is 9.90 Å².